The highest BCUT2D eigenvalue weighted by molar-refractivity contribution is 6.32. The molecule has 2 rings (SSSR count). The first-order chi connectivity index (χ1) is 7.70. The Morgan fingerprint density at radius 2 is 2.19 bits per heavy atom. The van der Waals surface area contributed by atoms with Crippen molar-refractivity contribution in [1.29, 1.82) is 0 Å². The molecule has 2 heterocycles. The number of aliphatic hydroxyl groups is 1. The zero-order chi connectivity index (χ0) is 11.5. The van der Waals surface area contributed by atoms with Gasteiger partial charge in [-0.2, -0.15) is 4.98 Å². The average Bonchev–Trinajstić information content (AvgIpc) is 2.31. The van der Waals surface area contributed by atoms with Gasteiger partial charge in [0.05, 0.1) is 12.3 Å². The molecule has 6 nitrogen and oxygen atoms in total. The number of nitrogens with two attached hydrogens (primary N) is 1. The van der Waals surface area contributed by atoms with Crippen LogP contribution in [0.25, 0.3) is 0 Å². The lowest BCUT2D eigenvalue weighted by atomic mass is 10.1. The lowest BCUT2D eigenvalue weighted by Gasteiger charge is -2.30. The van der Waals surface area contributed by atoms with Gasteiger partial charge >= 0.3 is 0 Å². The zero-order valence-corrected chi connectivity index (χ0v) is 9.48. The maximum Gasteiger partial charge on any atom is 0.239 e. The molecule has 0 spiro atoms. The van der Waals surface area contributed by atoms with Crippen LogP contribution in [0.3, 0.4) is 0 Å². The van der Waals surface area contributed by atoms with Crippen LogP contribution in [0, 0.1) is 0 Å². The summed E-state index contributed by atoms with van der Waals surface area (Å²) >= 11 is 6.03. The Bertz CT molecular complexity index is 367. The van der Waals surface area contributed by atoms with Crippen molar-refractivity contribution in [2.24, 2.45) is 5.84 Å². The largest absolute Gasteiger partial charge is 0.393 e. The smallest absolute Gasteiger partial charge is 0.239 e. The summed E-state index contributed by atoms with van der Waals surface area (Å²) in [4.78, 5) is 10.1. The van der Waals surface area contributed by atoms with Gasteiger partial charge in [-0.15, -0.1) is 0 Å². The predicted molar refractivity (Wildman–Crippen MR) is 62.3 cm³/mol. The summed E-state index contributed by atoms with van der Waals surface area (Å²) < 4.78 is 0. The van der Waals surface area contributed by atoms with E-state index >= 15 is 0 Å². The zero-order valence-electron chi connectivity index (χ0n) is 8.73. The number of aromatic nitrogens is 2. The number of hydrogen-bond donors (Lipinski definition) is 3. The van der Waals surface area contributed by atoms with Crippen molar-refractivity contribution in [2.75, 3.05) is 23.4 Å². The second-order valence-electron chi connectivity index (χ2n) is 3.73. The molecule has 1 aromatic rings. The number of piperidine rings is 1. The molecule has 0 unspecified atom stereocenters. The van der Waals surface area contributed by atoms with Crippen LogP contribution in [-0.4, -0.2) is 34.3 Å². The molecule has 4 N–H and O–H groups in total. The Morgan fingerprint density at radius 1 is 1.50 bits per heavy atom. The minimum absolute atomic E-state index is 0.219. The molecule has 0 saturated carbocycles. The van der Waals surface area contributed by atoms with Crippen LogP contribution in [0.5, 0.6) is 0 Å². The lowest BCUT2D eigenvalue weighted by Crippen LogP contribution is -2.36. The third-order valence-electron chi connectivity index (χ3n) is 2.62. The average molecular weight is 244 g/mol. The van der Waals surface area contributed by atoms with Gasteiger partial charge in [0.15, 0.2) is 5.82 Å². The quantitative estimate of drug-likeness (QED) is 0.514. The predicted octanol–water partition coefficient (Wildman–Crippen LogP) is 0.377. The highest BCUT2D eigenvalue weighted by atomic mass is 35.5. The topological polar surface area (TPSA) is 87.3 Å². The Hall–Kier alpha value is -1.11. The van der Waals surface area contributed by atoms with Gasteiger partial charge in [-0.3, -0.25) is 5.43 Å². The number of nitrogen functional groups attached to an aromatic ring is 1. The van der Waals surface area contributed by atoms with Gasteiger partial charge in [0.2, 0.25) is 5.95 Å². The summed E-state index contributed by atoms with van der Waals surface area (Å²) in [7, 11) is 0. The fourth-order valence-corrected chi connectivity index (χ4v) is 1.94. The van der Waals surface area contributed by atoms with Crippen LogP contribution in [0.2, 0.25) is 5.02 Å². The normalized spacial score (nSPS) is 17.6. The van der Waals surface area contributed by atoms with Crippen molar-refractivity contribution in [2.45, 2.75) is 18.9 Å². The number of aliphatic hydroxyl groups excluding tert-OH is 1. The number of halogens is 1. The number of hydrazine groups is 1. The third-order valence-corrected chi connectivity index (χ3v) is 2.89. The molecular weight excluding hydrogens is 230 g/mol. The van der Waals surface area contributed by atoms with Crippen LogP contribution in [-0.2, 0) is 0 Å². The molecule has 7 heteroatoms. The maximum atomic E-state index is 9.42. The molecular formula is C9H14ClN5O. The van der Waals surface area contributed by atoms with Gasteiger partial charge in [0.1, 0.15) is 5.02 Å². The van der Waals surface area contributed by atoms with Crippen molar-refractivity contribution in [3.63, 3.8) is 0 Å². The number of rotatable bonds is 2. The summed E-state index contributed by atoms with van der Waals surface area (Å²) in [5, 5.41) is 9.91. The molecule has 0 aromatic carbocycles. The van der Waals surface area contributed by atoms with E-state index in [1.165, 1.54) is 6.20 Å². The van der Waals surface area contributed by atoms with Gasteiger partial charge in [0, 0.05) is 13.1 Å². The summed E-state index contributed by atoms with van der Waals surface area (Å²) in [5.41, 5.74) is 2.39. The van der Waals surface area contributed by atoms with E-state index in [9.17, 15) is 5.11 Å². The molecule has 1 saturated heterocycles. The number of nitrogens with zero attached hydrogens (tertiary/aromatic N) is 3. The molecule has 16 heavy (non-hydrogen) atoms. The fourth-order valence-electron chi connectivity index (χ4n) is 1.73. The van der Waals surface area contributed by atoms with Crippen molar-refractivity contribution < 1.29 is 5.11 Å². The summed E-state index contributed by atoms with van der Waals surface area (Å²) in [5.74, 6) is 6.25. The van der Waals surface area contributed by atoms with Gasteiger partial charge in [-0.25, -0.2) is 10.8 Å². The van der Waals surface area contributed by atoms with E-state index < -0.39 is 0 Å². The molecule has 0 bridgehead atoms. The molecule has 0 radical (unpaired) electrons. The van der Waals surface area contributed by atoms with Crippen LogP contribution in [0.4, 0.5) is 11.8 Å². The molecule has 0 atom stereocenters. The van der Waals surface area contributed by atoms with Crippen LogP contribution in [0.1, 0.15) is 12.8 Å². The first-order valence-corrected chi connectivity index (χ1v) is 5.50. The second kappa shape index (κ2) is 4.82. The van der Waals surface area contributed by atoms with Crippen molar-refractivity contribution in [1.82, 2.24) is 9.97 Å². The highest BCUT2D eigenvalue weighted by Crippen LogP contribution is 2.26. The molecule has 1 aliphatic rings. The SMILES string of the molecule is NNc1ncc(Cl)c(N2CCC(O)CC2)n1. The molecule has 0 amide bonds. The van der Waals surface area contributed by atoms with E-state index in [2.05, 4.69) is 15.4 Å². The van der Waals surface area contributed by atoms with Crippen molar-refractivity contribution in [3.8, 4) is 0 Å². The van der Waals surface area contributed by atoms with Crippen LogP contribution in [0.15, 0.2) is 6.20 Å². The Kier molecular flexibility index (Phi) is 3.42. The maximum absolute atomic E-state index is 9.42. The van der Waals surface area contributed by atoms with Gasteiger partial charge in [-0.1, -0.05) is 11.6 Å². The molecule has 0 aliphatic carbocycles. The van der Waals surface area contributed by atoms with E-state index in [-0.39, 0.29) is 6.10 Å². The standard InChI is InChI=1S/C9H14ClN5O/c10-7-5-12-9(14-11)13-8(7)15-3-1-6(16)2-4-15/h5-6,16H,1-4,11H2,(H,12,13,14). The van der Waals surface area contributed by atoms with Gasteiger partial charge < -0.3 is 10.0 Å². The monoisotopic (exact) mass is 243 g/mol. The van der Waals surface area contributed by atoms with Gasteiger partial charge in [-0.05, 0) is 12.8 Å². The fraction of sp³-hybridized carbons (Fsp3) is 0.556. The highest BCUT2D eigenvalue weighted by Gasteiger charge is 2.20. The first kappa shape index (κ1) is 11.4. The Balaban J connectivity index is 2.19. The van der Waals surface area contributed by atoms with Crippen LogP contribution >= 0.6 is 11.6 Å². The number of anilines is 2. The lowest BCUT2D eigenvalue weighted by molar-refractivity contribution is 0.145. The minimum Gasteiger partial charge on any atom is -0.393 e. The Morgan fingerprint density at radius 3 is 2.81 bits per heavy atom. The van der Waals surface area contributed by atoms with Gasteiger partial charge in [0.25, 0.3) is 0 Å². The minimum atomic E-state index is -0.219. The summed E-state index contributed by atoms with van der Waals surface area (Å²) in [6, 6.07) is 0. The van der Waals surface area contributed by atoms with E-state index in [1.807, 2.05) is 4.90 Å². The second-order valence-corrected chi connectivity index (χ2v) is 4.13. The molecule has 1 aromatic heterocycles. The number of nitrogens with one attached hydrogen (secondary N) is 1. The van der Waals surface area contributed by atoms with Crippen molar-refractivity contribution in [3.05, 3.63) is 11.2 Å². The number of hydrogen-bond acceptors (Lipinski definition) is 6. The van der Waals surface area contributed by atoms with E-state index in [1.54, 1.807) is 0 Å². The third kappa shape index (κ3) is 2.34. The summed E-state index contributed by atoms with van der Waals surface area (Å²) in [6.07, 6.45) is 2.76. The van der Waals surface area contributed by atoms with E-state index in [0.717, 1.165) is 25.9 Å². The molecule has 1 aliphatic heterocycles. The summed E-state index contributed by atoms with van der Waals surface area (Å²) in [6.45, 7) is 1.48. The van der Waals surface area contributed by atoms with Crippen molar-refractivity contribution >= 4 is 23.4 Å². The Labute approximate surface area is 98.4 Å². The van der Waals surface area contributed by atoms with E-state index in [4.69, 9.17) is 17.4 Å². The van der Waals surface area contributed by atoms with E-state index in [0.29, 0.717) is 16.8 Å². The molecule has 88 valence electrons. The first-order valence-electron chi connectivity index (χ1n) is 5.13. The molecule has 1 fully saturated rings. The van der Waals surface area contributed by atoms with Crippen LogP contribution < -0.4 is 16.2 Å².